The van der Waals surface area contributed by atoms with E-state index in [2.05, 4.69) is 5.32 Å². The Hall–Kier alpha value is -3.45. The molecule has 1 N–H and O–H groups in total. The van der Waals surface area contributed by atoms with Gasteiger partial charge in [0, 0.05) is 29.4 Å². The van der Waals surface area contributed by atoms with Crippen LogP contribution in [-0.2, 0) is 16.1 Å². The molecule has 0 fully saturated rings. The summed E-state index contributed by atoms with van der Waals surface area (Å²) in [5.41, 5.74) is 1.83. The van der Waals surface area contributed by atoms with E-state index in [1.165, 1.54) is 23.6 Å². The number of pyridine rings is 1. The third-order valence-electron chi connectivity index (χ3n) is 4.85. The minimum absolute atomic E-state index is 0.0970. The Morgan fingerprint density at radius 1 is 1.06 bits per heavy atom. The fourth-order valence-corrected chi connectivity index (χ4v) is 3.34. The van der Waals surface area contributed by atoms with Crippen LogP contribution >= 0.6 is 11.6 Å². The summed E-state index contributed by atoms with van der Waals surface area (Å²) in [6.07, 6.45) is 2.19. The van der Waals surface area contributed by atoms with E-state index in [-0.39, 0.29) is 30.2 Å². The van der Waals surface area contributed by atoms with Gasteiger partial charge in [0.2, 0.25) is 5.91 Å². The molecule has 0 saturated heterocycles. The summed E-state index contributed by atoms with van der Waals surface area (Å²) >= 11 is 5.80. The lowest BCUT2D eigenvalue weighted by Gasteiger charge is -2.11. The number of nitrogens with zero attached hydrogens (tertiary/aromatic N) is 1. The molecule has 0 aliphatic heterocycles. The number of benzene rings is 2. The molecule has 6 nitrogen and oxygen atoms in total. The van der Waals surface area contributed by atoms with Crippen molar-refractivity contribution < 1.29 is 18.7 Å². The Kier molecular flexibility index (Phi) is 8.38. The van der Waals surface area contributed by atoms with E-state index in [1.54, 1.807) is 24.4 Å². The van der Waals surface area contributed by atoms with E-state index in [0.717, 1.165) is 11.1 Å². The first-order valence-corrected chi connectivity index (χ1v) is 10.8. The van der Waals surface area contributed by atoms with Crippen LogP contribution < -0.4 is 15.6 Å². The summed E-state index contributed by atoms with van der Waals surface area (Å²) in [5, 5.41) is 2.97. The van der Waals surface area contributed by atoms with Crippen LogP contribution in [0, 0.1) is 5.82 Å². The molecule has 0 unspecified atom stereocenters. The molecule has 0 aliphatic rings. The number of carbonyl (C=O) groups is 2. The molecule has 8 heteroatoms. The van der Waals surface area contributed by atoms with Crippen molar-refractivity contribution in [3.8, 4) is 16.9 Å². The molecule has 172 valence electrons. The molecule has 0 saturated carbocycles. The van der Waals surface area contributed by atoms with E-state index in [1.807, 2.05) is 24.3 Å². The number of aromatic nitrogens is 1. The van der Waals surface area contributed by atoms with Gasteiger partial charge >= 0.3 is 0 Å². The molecule has 33 heavy (non-hydrogen) atoms. The number of hydrogen-bond acceptors (Lipinski definition) is 4. The smallest absolute Gasteiger partial charge is 0.250 e. The Labute approximate surface area is 196 Å². The number of ketones is 1. The molecule has 0 bridgehead atoms. The fraction of sp³-hybridized carbons (Fsp3) is 0.240. The van der Waals surface area contributed by atoms with Crippen LogP contribution in [0.5, 0.6) is 5.75 Å². The number of Topliss-reactive ketones (excluding diaryl/α,β-unsaturated/α-hetero) is 1. The molecular formula is C25H24ClFN2O4. The lowest BCUT2D eigenvalue weighted by atomic mass is 10.1. The first-order chi connectivity index (χ1) is 15.8. The van der Waals surface area contributed by atoms with Gasteiger partial charge < -0.3 is 14.6 Å². The first kappa shape index (κ1) is 24.2. The van der Waals surface area contributed by atoms with Gasteiger partial charge in [0.15, 0.2) is 0 Å². The number of halogens is 2. The zero-order valence-corrected chi connectivity index (χ0v) is 18.9. The molecule has 0 atom stereocenters. The third kappa shape index (κ3) is 7.29. The number of hydrogen-bond donors (Lipinski definition) is 1. The van der Waals surface area contributed by atoms with Crippen LogP contribution in [0.4, 0.5) is 4.39 Å². The van der Waals surface area contributed by atoms with Crippen molar-refractivity contribution in [1.82, 2.24) is 9.88 Å². The van der Waals surface area contributed by atoms with Crippen LogP contribution in [0.25, 0.3) is 11.1 Å². The second kappa shape index (κ2) is 11.4. The molecule has 0 radical (unpaired) electrons. The van der Waals surface area contributed by atoms with Gasteiger partial charge in [-0.2, -0.15) is 0 Å². The zero-order chi connectivity index (χ0) is 23.8. The fourth-order valence-electron chi connectivity index (χ4n) is 3.18. The van der Waals surface area contributed by atoms with Crippen molar-refractivity contribution in [2.45, 2.75) is 26.3 Å². The van der Waals surface area contributed by atoms with Gasteiger partial charge in [-0.25, -0.2) is 4.39 Å². The summed E-state index contributed by atoms with van der Waals surface area (Å²) < 4.78 is 21.3. The van der Waals surface area contributed by atoms with Crippen molar-refractivity contribution in [3.05, 3.63) is 87.6 Å². The highest BCUT2D eigenvalue weighted by Crippen LogP contribution is 2.22. The van der Waals surface area contributed by atoms with Gasteiger partial charge in [0.05, 0.1) is 19.6 Å². The number of rotatable bonds is 10. The van der Waals surface area contributed by atoms with Gasteiger partial charge in [-0.3, -0.25) is 14.4 Å². The largest absolute Gasteiger partial charge is 0.494 e. The normalized spacial score (nSPS) is 10.6. The van der Waals surface area contributed by atoms with Gasteiger partial charge in [-0.05, 0) is 54.8 Å². The molecule has 0 spiro atoms. The van der Waals surface area contributed by atoms with Crippen LogP contribution in [0.15, 0.2) is 65.6 Å². The maximum atomic E-state index is 14.1. The average molecular weight is 471 g/mol. The molecule has 1 heterocycles. The maximum Gasteiger partial charge on any atom is 0.250 e. The molecule has 3 aromatic rings. The van der Waals surface area contributed by atoms with Gasteiger partial charge in [-0.15, -0.1) is 0 Å². The predicted molar refractivity (Wildman–Crippen MR) is 125 cm³/mol. The third-order valence-corrected chi connectivity index (χ3v) is 5.08. The molecule has 0 aliphatic carbocycles. The average Bonchev–Trinajstić information content (AvgIpc) is 2.77. The highest BCUT2D eigenvalue weighted by atomic mass is 35.5. The summed E-state index contributed by atoms with van der Waals surface area (Å²) in [4.78, 5) is 34.6. The van der Waals surface area contributed by atoms with Gasteiger partial charge in [0.1, 0.15) is 17.3 Å². The van der Waals surface area contributed by atoms with Crippen molar-refractivity contribution in [1.29, 1.82) is 0 Å². The Morgan fingerprint density at radius 3 is 2.48 bits per heavy atom. The lowest BCUT2D eigenvalue weighted by molar-refractivity contribution is -0.127. The van der Waals surface area contributed by atoms with E-state index in [4.69, 9.17) is 16.3 Å². The van der Waals surface area contributed by atoms with Crippen molar-refractivity contribution >= 4 is 23.3 Å². The summed E-state index contributed by atoms with van der Waals surface area (Å²) in [5.74, 6) is -0.242. The molecule has 3 rings (SSSR count). The van der Waals surface area contributed by atoms with Crippen LogP contribution in [0.2, 0.25) is 5.02 Å². The van der Waals surface area contributed by atoms with Crippen molar-refractivity contribution in [3.63, 3.8) is 0 Å². The highest BCUT2D eigenvalue weighted by molar-refractivity contribution is 6.30. The molecule has 1 aromatic heterocycles. The Morgan fingerprint density at radius 2 is 1.79 bits per heavy atom. The number of amides is 1. The second-order valence-electron chi connectivity index (χ2n) is 7.57. The molecular weight excluding hydrogens is 447 g/mol. The summed E-state index contributed by atoms with van der Waals surface area (Å²) in [7, 11) is 0. The summed E-state index contributed by atoms with van der Waals surface area (Å²) in [6, 6.07) is 14.9. The van der Waals surface area contributed by atoms with E-state index in [0.29, 0.717) is 35.9 Å². The van der Waals surface area contributed by atoms with E-state index >= 15 is 0 Å². The quantitative estimate of drug-likeness (QED) is 0.355. The topological polar surface area (TPSA) is 77.4 Å². The van der Waals surface area contributed by atoms with Crippen LogP contribution in [-0.4, -0.2) is 29.4 Å². The van der Waals surface area contributed by atoms with E-state index < -0.39 is 5.82 Å². The highest BCUT2D eigenvalue weighted by Gasteiger charge is 2.08. The zero-order valence-electron chi connectivity index (χ0n) is 18.1. The number of ether oxygens (including phenoxy) is 1. The van der Waals surface area contributed by atoms with Gasteiger partial charge in [-0.1, -0.05) is 29.8 Å². The minimum atomic E-state index is -0.459. The first-order valence-electron chi connectivity index (χ1n) is 10.5. The Balaban J connectivity index is 1.58. The second-order valence-corrected chi connectivity index (χ2v) is 8.01. The van der Waals surface area contributed by atoms with Crippen LogP contribution in [0.1, 0.15) is 25.3 Å². The van der Waals surface area contributed by atoms with Gasteiger partial charge in [0.25, 0.3) is 5.56 Å². The lowest BCUT2D eigenvalue weighted by Crippen LogP contribution is -2.26. The van der Waals surface area contributed by atoms with E-state index in [9.17, 15) is 18.8 Å². The Bertz CT molecular complexity index is 1190. The van der Waals surface area contributed by atoms with Crippen molar-refractivity contribution in [2.24, 2.45) is 0 Å². The predicted octanol–water partition coefficient (Wildman–Crippen LogP) is 4.22. The number of nitrogens with one attached hydrogen (secondary N) is 1. The minimum Gasteiger partial charge on any atom is -0.494 e. The van der Waals surface area contributed by atoms with Crippen LogP contribution in [0.3, 0.4) is 0 Å². The maximum absolute atomic E-state index is 14.1. The molecule has 1 amide bonds. The van der Waals surface area contributed by atoms with Crippen molar-refractivity contribution in [2.75, 3.05) is 13.2 Å². The summed E-state index contributed by atoms with van der Waals surface area (Å²) in [6.45, 7) is 2.32. The SMILES string of the molecule is CC(=O)CC(=O)NCCCOc1ccc(-c2ccc(=O)n(Cc3ccc(Cl)cc3F)c2)cc1. The monoisotopic (exact) mass is 470 g/mol. The standard InChI is InChI=1S/C25H24ClFN2O4/c1-17(30)13-24(31)28-11-2-12-33-22-8-4-18(5-9-22)19-6-10-25(32)29(15-19)16-20-3-7-21(26)14-23(20)27/h3-10,14-15H,2,11-13,16H2,1H3,(H,28,31). The molecule has 2 aromatic carbocycles. The number of carbonyl (C=O) groups excluding carboxylic acids is 2.